The summed E-state index contributed by atoms with van der Waals surface area (Å²) in [6.07, 6.45) is 1.61. The van der Waals surface area contributed by atoms with Gasteiger partial charge in [-0.1, -0.05) is 13.8 Å². The third kappa shape index (κ3) is 2.30. The fraction of sp³-hybridized carbons (Fsp3) is 0.200. The minimum atomic E-state index is -0.0499. The smallest absolute Gasteiger partial charge is 0.226 e. The first-order valence-electron chi connectivity index (χ1n) is 6.48. The Morgan fingerprint density at radius 3 is 2.90 bits per heavy atom. The molecule has 102 valence electrons. The van der Waals surface area contributed by atoms with E-state index >= 15 is 0 Å². The van der Waals surface area contributed by atoms with Gasteiger partial charge in [-0.2, -0.15) is 0 Å². The molecule has 0 radical (unpaired) electrons. The molecule has 0 saturated carbocycles. The Morgan fingerprint density at radius 1 is 1.35 bits per heavy atom. The van der Waals surface area contributed by atoms with Crippen LogP contribution < -0.4 is 5.32 Å². The van der Waals surface area contributed by atoms with Gasteiger partial charge in [0.05, 0.1) is 17.3 Å². The Labute approximate surface area is 116 Å². The summed E-state index contributed by atoms with van der Waals surface area (Å²) in [5.41, 5.74) is 2.45. The van der Waals surface area contributed by atoms with Crippen molar-refractivity contribution in [1.82, 2.24) is 9.97 Å². The maximum atomic E-state index is 11.7. The van der Waals surface area contributed by atoms with Gasteiger partial charge in [0.1, 0.15) is 0 Å². The summed E-state index contributed by atoms with van der Waals surface area (Å²) in [5, 5.41) is 2.87. The van der Waals surface area contributed by atoms with Crippen molar-refractivity contribution in [3.8, 4) is 11.6 Å². The number of amides is 1. The number of hydrogen-bond donors (Lipinski definition) is 2. The summed E-state index contributed by atoms with van der Waals surface area (Å²) in [5.74, 6) is 1.31. The zero-order valence-corrected chi connectivity index (χ0v) is 11.3. The largest absolute Gasteiger partial charge is 0.461 e. The second-order valence-corrected chi connectivity index (χ2v) is 4.94. The van der Waals surface area contributed by atoms with Crippen molar-refractivity contribution in [3.05, 3.63) is 36.6 Å². The molecular weight excluding hydrogens is 254 g/mol. The van der Waals surface area contributed by atoms with Crippen LogP contribution in [0.3, 0.4) is 0 Å². The number of anilines is 1. The van der Waals surface area contributed by atoms with Gasteiger partial charge in [-0.25, -0.2) is 4.98 Å². The van der Waals surface area contributed by atoms with Gasteiger partial charge in [0.25, 0.3) is 0 Å². The van der Waals surface area contributed by atoms with Crippen LogP contribution in [0, 0.1) is 5.92 Å². The number of carbonyl (C=O) groups excluding carboxylic acids is 1. The lowest BCUT2D eigenvalue weighted by atomic mass is 10.2. The average Bonchev–Trinajstić information content (AvgIpc) is 3.06. The number of hydrogen-bond acceptors (Lipinski definition) is 3. The van der Waals surface area contributed by atoms with Gasteiger partial charge < -0.3 is 14.7 Å². The van der Waals surface area contributed by atoms with E-state index < -0.39 is 0 Å². The maximum absolute atomic E-state index is 11.7. The lowest BCUT2D eigenvalue weighted by Gasteiger charge is -2.07. The predicted octanol–water partition coefficient (Wildman–Crippen LogP) is 3.42. The first-order chi connectivity index (χ1) is 9.63. The molecular formula is C15H15N3O2. The first kappa shape index (κ1) is 12.5. The van der Waals surface area contributed by atoms with Gasteiger partial charge in [0.15, 0.2) is 11.6 Å². The number of aromatic amines is 1. The number of nitrogens with zero attached hydrogens (tertiary/aromatic N) is 1. The molecule has 0 aliphatic heterocycles. The van der Waals surface area contributed by atoms with Crippen LogP contribution in [0.25, 0.3) is 22.6 Å². The predicted molar refractivity (Wildman–Crippen MR) is 77.3 cm³/mol. The number of furan rings is 1. The van der Waals surface area contributed by atoms with E-state index in [0.717, 1.165) is 16.7 Å². The molecule has 2 heterocycles. The Balaban J connectivity index is 1.93. The van der Waals surface area contributed by atoms with Gasteiger partial charge >= 0.3 is 0 Å². The summed E-state index contributed by atoms with van der Waals surface area (Å²) >= 11 is 0. The molecule has 5 heteroatoms. The van der Waals surface area contributed by atoms with Crippen LogP contribution in [0.1, 0.15) is 13.8 Å². The van der Waals surface area contributed by atoms with E-state index in [4.69, 9.17) is 4.42 Å². The van der Waals surface area contributed by atoms with E-state index in [1.54, 1.807) is 6.26 Å². The number of fused-ring (bicyclic) bond motifs is 1. The van der Waals surface area contributed by atoms with Crippen LogP contribution in [-0.4, -0.2) is 15.9 Å². The van der Waals surface area contributed by atoms with Crippen LogP contribution in [-0.2, 0) is 4.79 Å². The lowest BCUT2D eigenvalue weighted by Crippen LogP contribution is -2.17. The molecule has 0 saturated heterocycles. The zero-order chi connectivity index (χ0) is 14.1. The van der Waals surface area contributed by atoms with Crippen molar-refractivity contribution in [2.45, 2.75) is 13.8 Å². The molecule has 0 unspecified atom stereocenters. The average molecular weight is 269 g/mol. The van der Waals surface area contributed by atoms with Crippen LogP contribution in [0.4, 0.5) is 5.69 Å². The number of benzene rings is 1. The van der Waals surface area contributed by atoms with Crippen molar-refractivity contribution in [2.24, 2.45) is 5.92 Å². The van der Waals surface area contributed by atoms with Crippen molar-refractivity contribution in [2.75, 3.05) is 5.32 Å². The summed E-state index contributed by atoms with van der Waals surface area (Å²) < 4.78 is 5.31. The molecule has 0 bridgehead atoms. The Hall–Kier alpha value is -2.56. The fourth-order valence-corrected chi connectivity index (χ4v) is 1.90. The topological polar surface area (TPSA) is 70.9 Å². The molecule has 20 heavy (non-hydrogen) atoms. The molecule has 5 nitrogen and oxygen atoms in total. The van der Waals surface area contributed by atoms with Crippen molar-refractivity contribution < 1.29 is 9.21 Å². The molecule has 0 fully saturated rings. The number of H-pyrrole nitrogens is 1. The molecule has 0 spiro atoms. The van der Waals surface area contributed by atoms with E-state index in [9.17, 15) is 4.79 Å². The highest BCUT2D eigenvalue weighted by atomic mass is 16.3. The molecule has 0 atom stereocenters. The summed E-state index contributed by atoms with van der Waals surface area (Å²) in [7, 11) is 0. The zero-order valence-electron chi connectivity index (χ0n) is 11.3. The van der Waals surface area contributed by atoms with Gasteiger partial charge in [-0.3, -0.25) is 4.79 Å². The minimum absolute atomic E-state index is 0.00452. The van der Waals surface area contributed by atoms with Gasteiger partial charge in [-0.15, -0.1) is 0 Å². The van der Waals surface area contributed by atoms with E-state index in [2.05, 4.69) is 15.3 Å². The highest BCUT2D eigenvalue weighted by Crippen LogP contribution is 2.23. The first-order valence-corrected chi connectivity index (χ1v) is 6.48. The Bertz CT molecular complexity index is 742. The van der Waals surface area contributed by atoms with E-state index in [0.29, 0.717) is 11.6 Å². The molecule has 3 rings (SSSR count). The number of imidazole rings is 1. The van der Waals surface area contributed by atoms with Gasteiger partial charge in [0, 0.05) is 11.6 Å². The Kier molecular flexibility index (Phi) is 3.02. The SMILES string of the molecule is CC(C)C(=O)Nc1ccc2nc(-c3ccco3)[nH]c2c1. The minimum Gasteiger partial charge on any atom is -0.461 e. The molecule has 0 aliphatic carbocycles. The molecule has 1 aromatic carbocycles. The van der Waals surface area contributed by atoms with Crippen LogP contribution in [0.2, 0.25) is 0 Å². The second kappa shape index (κ2) is 4.85. The third-order valence-electron chi connectivity index (χ3n) is 3.03. The van der Waals surface area contributed by atoms with Crippen LogP contribution in [0.5, 0.6) is 0 Å². The number of aromatic nitrogens is 2. The van der Waals surface area contributed by atoms with Crippen LogP contribution in [0.15, 0.2) is 41.0 Å². The normalized spacial score (nSPS) is 11.2. The monoisotopic (exact) mass is 269 g/mol. The second-order valence-electron chi connectivity index (χ2n) is 4.94. The van der Waals surface area contributed by atoms with Gasteiger partial charge in [-0.05, 0) is 30.3 Å². The van der Waals surface area contributed by atoms with E-state index in [-0.39, 0.29) is 11.8 Å². The maximum Gasteiger partial charge on any atom is 0.226 e. The summed E-state index contributed by atoms with van der Waals surface area (Å²) in [6.45, 7) is 3.72. The standard InChI is InChI=1S/C15H15N3O2/c1-9(2)15(19)16-10-5-6-11-12(8-10)18-14(17-11)13-4-3-7-20-13/h3-9H,1-2H3,(H,16,19)(H,17,18). The van der Waals surface area contributed by atoms with E-state index in [1.165, 1.54) is 0 Å². The molecule has 2 aromatic heterocycles. The molecule has 3 aromatic rings. The summed E-state index contributed by atoms with van der Waals surface area (Å²) in [4.78, 5) is 19.3. The quantitative estimate of drug-likeness (QED) is 0.765. The van der Waals surface area contributed by atoms with Gasteiger partial charge in [0.2, 0.25) is 5.91 Å². The van der Waals surface area contributed by atoms with E-state index in [1.807, 2.05) is 44.2 Å². The summed E-state index contributed by atoms with van der Waals surface area (Å²) in [6, 6.07) is 9.24. The van der Waals surface area contributed by atoms with Crippen molar-refractivity contribution >= 4 is 22.6 Å². The van der Waals surface area contributed by atoms with Crippen LogP contribution >= 0.6 is 0 Å². The van der Waals surface area contributed by atoms with Crippen molar-refractivity contribution in [1.29, 1.82) is 0 Å². The Morgan fingerprint density at radius 2 is 2.20 bits per heavy atom. The number of carbonyl (C=O) groups is 1. The third-order valence-corrected chi connectivity index (χ3v) is 3.03. The van der Waals surface area contributed by atoms with Crippen molar-refractivity contribution in [3.63, 3.8) is 0 Å². The molecule has 2 N–H and O–H groups in total. The molecule has 0 aliphatic rings. The number of rotatable bonds is 3. The highest BCUT2D eigenvalue weighted by Gasteiger charge is 2.10. The fourth-order valence-electron chi connectivity index (χ4n) is 1.90. The highest BCUT2D eigenvalue weighted by molar-refractivity contribution is 5.94. The molecule has 1 amide bonds. The number of nitrogens with one attached hydrogen (secondary N) is 2. The lowest BCUT2D eigenvalue weighted by molar-refractivity contribution is -0.118.